The van der Waals surface area contributed by atoms with E-state index in [4.69, 9.17) is 16.3 Å². The van der Waals surface area contributed by atoms with Gasteiger partial charge in [0, 0.05) is 6.42 Å². The molecule has 0 saturated carbocycles. The van der Waals surface area contributed by atoms with Gasteiger partial charge in [-0.3, -0.25) is 4.79 Å². The zero-order valence-corrected chi connectivity index (χ0v) is 13.5. The highest BCUT2D eigenvalue weighted by atomic mass is 35.5. The molecule has 0 bridgehead atoms. The highest BCUT2D eigenvalue weighted by molar-refractivity contribution is 6.32. The number of fused-ring (bicyclic) bond motifs is 1. The summed E-state index contributed by atoms with van der Waals surface area (Å²) >= 11 is 6.04. The third kappa shape index (κ3) is 3.33. The number of halogens is 1. The first-order chi connectivity index (χ1) is 11.1. The van der Waals surface area contributed by atoms with Crippen LogP contribution in [0.2, 0.25) is 5.02 Å². The molecular weight excluding hydrogens is 314 g/mol. The van der Waals surface area contributed by atoms with Crippen molar-refractivity contribution in [3.8, 4) is 5.75 Å². The summed E-state index contributed by atoms with van der Waals surface area (Å²) in [6, 6.07) is 14.3. The number of nitrogens with one attached hydrogen (secondary N) is 1. The van der Waals surface area contributed by atoms with Gasteiger partial charge in [0.25, 0.3) is 5.91 Å². The van der Waals surface area contributed by atoms with Gasteiger partial charge in [-0.05, 0) is 30.2 Å². The van der Waals surface area contributed by atoms with Crippen LogP contribution in [-0.4, -0.2) is 23.2 Å². The van der Waals surface area contributed by atoms with Crippen LogP contribution in [0.25, 0.3) is 0 Å². The van der Waals surface area contributed by atoms with E-state index in [1.54, 1.807) is 31.2 Å². The summed E-state index contributed by atoms with van der Waals surface area (Å²) in [4.78, 5) is 12.4. The minimum atomic E-state index is -0.713. The lowest BCUT2D eigenvalue weighted by Gasteiger charge is -2.21. The van der Waals surface area contributed by atoms with Gasteiger partial charge in [-0.1, -0.05) is 48.0 Å². The number of aliphatic hydroxyl groups is 1. The Kier molecular flexibility index (Phi) is 4.55. The smallest absolute Gasteiger partial charge is 0.261 e. The Morgan fingerprint density at radius 1 is 1.26 bits per heavy atom. The number of ether oxygens (including phenoxy) is 1. The molecule has 4 nitrogen and oxygen atoms in total. The molecule has 1 aliphatic carbocycles. The zero-order valence-electron chi connectivity index (χ0n) is 12.7. The van der Waals surface area contributed by atoms with Gasteiger partial charge in [0.1, 0.15) is 5.75 Å². The fourth-order valence-electron chi connectivity index (χ4n) is 2.80. The zero-order chi connectivity index (χ0) is 16.4. The molecule has 1 aliphatic rings. The quantitative estimate of drug-likeness (QED) is 0.905. The molecule has 2 aromatic carbocycles. The summed E-state index contributed by atoms with van der Waals surface area (Å²) < 4.78 is 5.61. The van der Waals surface area contributed by atoms with Crippen LogP contribution in [0.15, 0.2) is 48.5 Å². The van der Waals surface area contributed by atoms with E-state index >= 15 is 0 Å². The first-order valence-electron chi connectivity index (χ1n) is 7.53. The van der Waals surface area contributed by atoms with E-state index in [9.17, 15) is 9.90 Å². The van der Waals surface area contributed by atoms with Gasteiger partial charge in [0.2, 0.25) is 0 Å². The Balaban J connectivity index is 1.68. The molecule has 0 aliphatic heterocycles. The van der Waals surface area contributed by atoms with Crippen molar-refractivity contribution in [3.05, 3.63) is 64.7 Å². The molecule has 0 spiro atoms. The number of amides is 1. The van der Waals surface area contributed by atoms with Gasteiger partial charge >= 0.3 is 0 Å². The maximum Gasteiger partial charge on any atom is 0.261 e. The Morgan fingerprint density at radius 3 is 2.74 bits per heavy atom. The van der Waals surface area contributed by atoms with Crippen LogP contribution in [0.3, 0.4) is 0 Å². The van der Waals surface area contributed by atoms with E-state index in [2.05, 4.69) is 5.32 Å². The number of benzene rings is 2. The van der Waals surface area contributed by atoms with E-state index in [0.717, 1.165) is 11.1 Å². The topological polar surface area (TPSA) is 58.6 Å². The normalized spacial score (nSPS) is 20.7. The highest BCUT2D eigenvalue weighted by Crippen LogP contribution is 2.31. The van der Waals surface area contributed by atoms with Crippen molar-refractivity contribution in [2.75, 3.05) is 0 Å². The van der Waals surface area contributed by atoms with Crippen LogP contribution in [0, 0.1) is 0 Å². The lowest BCUT2D eigenvalue weighted by atomic mass is 10.1. The molecule has 3 rings (SSSR count). The lowest BCUT2D eigenvalue weighted by molar-refractivity contribution is -0.128. The SMILES string of the molecule is CC(Oc1ccccc1Cl)C(=O)N[C@@H]1c2ccccc2C[C@@H]1O. The minimum absolute atomic E-state index is 0.286. The van der Waals surface area contributed by atoms with Crippen LogP contribution in [0.4, 0.5) is 0 Å². The third-order valence-corrected chi connectivity index (χ3v) is 4.32. The fourth-order valence-corrected chi connectivity index (χ4v) is 2.98. The second-order valence-corrected chi connectivity index (χ2v) is 6.05. The van der Waals surface area contributed by atoms with Crippen molar-refractivity contribution >= 4 is 17.5 Å². The van der Waals surface area contributed by atoms with Gasteiger partial charge in [-0.2, -0.15) is 0 Å². The largest absolute Gasteiger partial charge is 0.479 e. The molecular formula is C18H18ClNO3. The maximum absolute atomic E-state index is 12.4. The van der Waals surface area contributed by atoms with Gasteiger partial charge in [0.15, 0.2) is 6.10 Å². The van der Waals surface area contributed by atoms with Crippen molar-refractivity contribution in [2.24, 2.45) is 0 Å². The van der Waals surface area contributed by atoms with Crippen LogP contribution < -0.4 is 10.1 Å². The van der Waals surface area contributed by atoms with E-state index in [-0.39, 0.29) is 5.91 Å². The average molecular weight is 332 g/mol. The van der Waals surface area contributed by atoms with Crippen molar-refractivity contribution in [1.82, 2.24) is 5.32 Å². The summed E-state index contributed by atoms with van der Waals surface area (Å²) in [5, 5.41) is 13.5. The van der Waals surface area contributed by atoms with Crippen LogP contribution in [0.5, 0.6) is 5.75 Å². The van der Waals surface area contributed by atoms with Crippen LogP contribution in [-0.2, 0) is 11.2 Å². The van der Waals surface area contributed by atoms with Crippen molar-refractivity contribution in [1.29, 1.82) is 0 Å². The summed E-state index contributed by atoms with van der Waals surface area (Å²) in [6.45, 7) is 1.66. The third-order valence-electron chi connectivity index (χ3n) is 4.01. The van der Waals surface area contributed by atoms with Crippen molar-refractivity contribution in [3.63, 3.8) is 0 Å². The predicted octanol–water partition coefficient (Wildman–Crippen LogP) is 2.88. The molecule has 2 N–H and O–H groups in total. The average Bonchev–Trinajstić information content (AvgIpc) is 2.85. The Hall–Kier alpha value is -2.04. The molecule has 2 aromatic rings. The number of carbonyl (C=O) groups is 1. The van der Waals surface area contributed by atoms with Gasteiger partial charge in [-0.25, -0.2) is 0 Å². The molecule has 5 heteroatoms. The molecule has 0 saturated heterocycles. The Bertz CT molecular complexity index is 719. The lowest BCUT2D eigenvalue weighted by Crippen LogP contribution is -2.41. The van der Waals surface area contributed by atoms with E-state index in [0.29, 0.717) is 17.2 Å². The second-order valence-electron chi connectivity index (χ2n) is 5.65. The molecule has 0 fully saturated rings. The number of aliphatic hydroxyl groups excluding tert-OH is 1. The molecule has 1 unspecified atom stereocenters. The van der Waals surface area contributed by atoms with Crippen LogP contribution in [0.1, 0.15) is 24.1 Å². The highest BCUT2D eigenvalue weighted by Gasteiger charge is 2.33. The first-order valence-corrected chi connectivity index (χ1v) is 7.91. The van der Waals surface area contributed by atoms with E-state index in [1.165, 1.54) is 0 Å². The Morgan fingerprint density at radius 2 is 1.96 bits per heavy atom. The molecule has 0 heterocycles. The summed E-state index contributed by atoms with van der Waals surface area (Å²) in [6.07, 6.45) is -0.792. The number of para-hydroxylation sites is 1. The van der Waals surface area contributed by atoms with Gasteiger partial charge in [0.05, 0.1) is 17.2 Å². The predicted molar refractivity (Wildman–Crippen MR) is 88.6 cm³/mol. The standard InChI is InChI=1S/C18H18ClNO3/c1-11(23-16-9-5-4-8-14(16)19)18(22)20-17-13-7-3-2-6-12(13)10-15(17)21/h2-9,11,15,17,21H,10H2,1H3,(H,20,22)/t11?,15-,17+/m0/s1. The molecule has 1 amide bonds. The summed E-state index contributed by atoms with van der Waals surface area (Å²) in [7, 11) is 0. The van der Waals surface area contributed by atoms with Crippen molar-refractivity contribution < 1.29 is 14.6 Å². The van der Waals surface area contributed by atoms with E-state index in [1.807, 2.05) is 24.3 Å². The number of hydrogen-bond donors (Lipinski definition) is 2. The van der Waals surface area contributed by atoms with E-state index < -0.39 is 18.2 Å². The molecule has 0 aromatic heterocycles. The minimum Gasteiger partial charge on any atom is -0.479 e. The number of rotatable bonds is 4. The summed E-state index contributed by atoms with van der Waals surface area (Å²) in [5.74, 6) is 0.176. The number of hydrogen-bond acceptors (Lipinski definition) is 3. The van der Waals surface area contributed by atoms with Gasteiger partial charge < -0.3 is 15.2 Å². The first kappa shape index (κ1) is 15.8. The number of carbonyl (C=O) groups excluding carboxylic acids is 1. The van der Waals surface area contributed by atoms with Crippen LogP contribution >= 0.6 is 11.6 Å². The van der Waals surface area contributed by atoms with Crippen molar-refractivity contribution in [2.45, 2.75) is 31.6 Å². The molecule has 120 valence electrons. The fraction of sp³-hybridized carbons (Fsp3) is 0.278. The molecule has 0 radical (unpaired) electrons. The van der Waals surface area contributed by atoms with Gasteiger partial charge in [-0.15, -0.1) is 0 Å². The monoisotopic (exact) mass is 331 g/mol. The molecule has 3 atom stereocenters. The second kappa shape index (κ2) is 6.60. The Labute approximate surface area is 140 Å². The summed E-state index contributed by atoms with van der Waals surface area (Å²) in [5.41, 5.74) is 2.02. The molecule has 23 heavy (non-hydrogen) atoms. The maximum atomic E-state index is 12.4.